The lowest BCUT2D eigenvalue weighted by Gasteiger charge is -1.37. The lowest BCUT2D eigenvalue weighted by atomic mass is 11.9. The maximum Gasteiger partial charge on any atom is 0.332 e. The van der Waals surface area contributed by atoms with Gasteiger partial charge in [-0.15, -0.1) is 0 Å². The molecule has 0 N–H and O–H groups in total. The van der Waals surface area contributed by atoms with Crippen molar-refractivity contribution in [3.63, 3.8) is 0 Å². The summed E-state index contributed by atoms with van der Waals surface area (Å²) in [6, 6.07) is 0. The second-order valence-electron chi connectivity index (χ2n) is 0.812. The fourth-order valence-electron chi connectivity index (χ4n) is 0. The van der Waals surface area contributed by atoms with Gasteiger partial charge in [-0.1, -0.05) is 4.57 Å². The Hall–Kier alpha value is -0.410. The topological polar surface area (TPSA) is 40.9 Å². The fraction of sp³-hybridized carbons (Fsp3) is 0.667. The molecule has 0 aromatic rings. The zero-order valence-corrected chi connectivity index (χ0v) is 4.77. The maximum atomic E-state index is 9.59. The highest BCUT2D eigenvalue weighted by atomic mass is 31.1. The van der Waals surface area contributed by atoms with Crippen molar-refractivity contribution >= 4 is 7.80 Å². The molecule has 0 spiro atoms. The molecule has 0 saturated heterocycles. The second kappa shape index (κ2) is 8.82. The summed E-state index contributed by atoms with van der Waals surface area (Å²) in [7, 11) is -0.870. The lowest BCUT2D eigenvalue weighted by Crippen LogP contribution is -1.33. The second-order valence-corrected chi connectivity index (χ2v) is 2.44. The van der Waals surface area contributed by atoms with Crippen LogP contribution >= 0.6 is 7.80 Å². The Morgan fingerprint density at radius 2 is 1.50 bits per heavy atom. The molecule has 0 heterocycles. The summed E-state index contributed by atoms with van der Waals surface area (Å²) in [5, 5.41) is 6.50. The van der Waals surface area contributed by atoms with E-state index in [1.807, 2.05) is 0 Å². The van der Waals surface area contributed by atoms with E-state index >= 15 is 0 Å². The normalized spacial score (nSPS) is 4.67. The molecule has 0 aliphatic rings. The van der Waals surface area contributed by atoms with Crippen molar-refractivity contribution in [3.8, 4) is 6.57 Å². The Morgan fingerprint density at radius 3 is 1.50 bits per heavy atom. The van der Waals surface area contributed by atoms with Crippen LogP contribution in [0.5, 0.6) is 0 Å². The van der Waals surface area contributed by atoms with Crippen LogP contribution in [0.1, 0.15) is 0 Å². The van der Waals surface area contributed by atoms with Crippen molar-refractivity contribution in [2.45, 2.75) is 0 Å². The fourth-order valence-corrected chi connectivity index (χ4v) is 0. The largest absolute Gasteiger partial charge is 0.332 e. The molecule has 2 nitrogen and oxygen atoms in total. The molecule has 0 bridgehead atoms. The van der Waals surface area contributed by atoms with Gasteiger partial charge in [-0.2, -0.15) is 0 Å². The number of rotatable bonds is 0. The minimum Gasteiger partial charge on any atom is -0.202 e. The molecule has 0 atom stereocenters. The van der Waals surface area contributed by atoms with Gasteiger partial charge < -0.3 is 0 Å². The van der Waals surface area contributed by atoms with Crippen molar-refractivity contribution in [2.24, 2.45) is 0 Å². The van der Waals surface area contributed by atoms with Crippen LogP contribution < -0.4 is 0 Å². The van der Waals surface area contributed by atoms with Gasteiger partial charge in [-0.05, 0) is 0 Å². The molecule has 0 unspecified atom stereocenters. The van der Waals surface area contributed by atoms with Crippen LogP contribution in [0.3, 0.4) is 0 Å². The van der Waals surface area contributed by atoms with E-state index in [1.54, 1.807) is 13.3 Å². The van der Waals surface area contributed by atoms with E-state index < -0.39 is 7.80 Å². The smallest absolute Gasteiger partial charge is 0.202 e. The average molecular weight is 104 g/mol. The molecule has 0 rings (SSSR count). The Kier molecular flexibility index (Phi) is 13.4. The lowest BCUT2D eigenvalue weighted by molar-refractivity contribution is 0.594. The van der Waals surface area contributed by atoms with Crippen LogP contribution in [0.25, 0.3) is 0 Å². The van der Waals surface area contributed by atoms with E-state index in [2.05, 4.69) is 6.57 Å². The van der Waals surface area contributed by atoms with Gasteiger partial charge in [0.05, 0.1) is 0 Å². The molecule has 0 amide bonds. The number of nitrogens with zero attached hydrogens (tertiary/aromatic N) is 1. The summed E-state index contributed by atoms with van der Waals surface area (Å²) in [4.78, 5) is 0. The van der Waals surface area contributed by atoms with Crippen LogP contribution in [0.15, 0.2) is 0 Å². The molecule has 0 radical (unpaired) electrons. The molecule has 0 aromatic heterocycles. The zero-order valence-electron chi connectivity index (χ0n) is 3.88. The van der Waals surface area contributed by atoms with Crippen molar-refractivity contribution in [1.82, 2.24) is 0 Å². The Bertz CT molecular complexity index is 55.1. The molecule has 6 heavy (non-hydrogen) atoms. The number of hydrogen-bond donors (Lipinski definition) is 0. The van der Waals surface area contributed by atoms with Crippen molar-refractivity contribution < 1.29 is 4.57 Å². The van der Waals surface area contributed by atoms with E-state index in [0.29, 0.717) is 0 Å². The molecule has 0 aliphatic carbocycles. The van der Waals surface area contributed by atoms with Crippen molar-refractivity contribution in [3.05, 3.63) is 0 Å². The molecule has 0 fully saturated rings. The summed E-state index contributed by atoms with van der Waals surface area (Å²) in [6.45, 7) is 6.85. The first-order valence-electron chi connectivity index (χ1n) is 1.34. The minimum atomic E-state index is -0.870. The highest BCUT2D eigenvalue weighted by Crippen LogP contribution is 2.00. The molecule has 34 valence electrons. The highest BCUT2D eigenvalue weighted by Gasteiger charge is 1.80. The van der Waals surface area contributed by atoms with Gasteiger partial charge in [0.25, 0.3) is 0 Å². The predicted octanol–water partition coefficient (Wildman–Crippen LogP) is 1.21. The van der Waals surface area contributed by atoms with Gasteiger partial charge in [0.15, 0.2) is 0 Å². The van der Waals surface area contributed by atoms with Crippen molar-refractivity contribution in [2.75, 3.05) is 13.3 Å². The average Bonchev–Trinajstić information content (AvgIpc) is 1.41. The molecule has 0 aliphatic heterocycles. The standard InChI is InChI=1S/C2H6OP.CHN/c1-4(2)3;1-2/h1-2H3;1H/q+1;. The summed E-state index contributed by atoms with van der Waals surface area (Å²) < 4.78 is 9.59. The van der Waals surface area contributed by atoms with E-state index in [9.17, 15) is 4.57 Å². The maximum absolute atomic E-state index is 9.59. The van der Waals surface area contributed by atoms with Crippen LogP contribution in [0.2, 0.25) is 0 Å². The van der Waals surface area contributed by atoms with Gasteiger partial charge in [-0.3, -0.25) is 0 Å². The Labute approximate surface area is 38.6 Å². The summed E-state index contributed by atoms with van der Waals surface area (Å²) in [5.74, 6) is 0. The first-order valence-corrected chi connectivity index (χ1v) is 3.49. The first-order chi connectivity index (χ1) is 2.73. The molecule has 0 saturated carbocycles. The summed E-state index contributed by atoms with van der Waals surface area (Å²) >= 11 is 0. The third kappa shape index (κ3) is 143. The highest BCUT2D eigenvalue weighted by molar-refractivity contribution is 7.42. The van der Waals surface area contributed by atoms with Gasteiger partial charge in [0.2, 0.25) is 0 Å². The third-order valence-corrected chi connectivity index (χ3v) is 0. The van der Waals surface area contributed by atoms with E-state index in [0.717, 1.165) is 0 Å². The number of hydrogen-bond acceptors (Lipinski definition) is 2. The van der Waals surface area contributed by atoms with Crippen LogP contribution in [0, 0.1) is 11.8 Å². The van der Waals surface area contributed by atoms with Crippen LogP contribution in [-0.2, 0) is 4.57 Å². The Morgan fingerprint density at radius 1 is 1.50 bits per heavy atom. The van der Waals surface area contributed by atoms with Gasteiger partial charge >= 0.3 is 7.80 Å². The Balaban J connectivity index is 0. The van der Waals surface area contributed by atoms with Gasteiger partial charge in [0.1, 0.15) is 13.3 Å². The van der Waals surface area contributed by atoms with Crippen LogP contribution in [-0.4, -0.2) is 13.3 Å². The van der Waals surface area contributed by atoms with E-state index in [1.165, 1.54) is 0 Å². The zero-order chi connectivity index (χ0) is 5.58. The first kappa shape index (κ1) is 9.14. The molecule has 0 aromatic carbocycles. The molecular formula is C3H7NOP+. The third-order valence-electron chi connectivity index (χ3n) is 0. The quantitative estimate of drug-likeness (QED) is 0.433. The van der Waals surface area contributed by atoms with Crippen LogP contribution in [0.4, 0.5) is 0 Å². The molecule has 3 heteroatoms. The van der Waals surface area contributed by atoms with Gasteiger partial charge in [-0.25, -0.2) is 5.26 Å². The molecular weight excluding hydrogens is 97.0 g/mol. The summed E-state index contributed by atoms with van der Waals surface area (Å²) in [6.07, 6.45) is 0. The van der Waals surface area contributed by atoms with E-state index in [-0.39, 0.29) is 0 Å². The monoisotopic (exact) mass is 104 g/mol. The predicted molar refractivity (Wildman–Crippen MR) is 26.1 cm³/mol. The van der Waals surface area contributed by atoms with E-state index in [4.69, 9.17) is 5.26 Å². The summed E-state index contributed by atoms with van der Waals surface area (Å²) in [5.41, 5.74) is 0. The minimum absolute atomic E-state index is 0.870. The van der Waals surface area contributed by atoms with Crippen molar-refractivity contribution in [1.29, 1.82) is 5.26 Å². The number of nitriles is 1. The van der Waals surface area contributed by atoms with Gasteiger partial charge in [0, 0.05) is 6.57 Å². The SMILES string of the molecule is C#N.C[P+](C)=O.